The number of carbonyl (C=O) groups excluding carboxylic acids is 3. The number of hydrogen-bond donors (Lipinski definition) is 0. The van der Waals surface area contributed by atoms with Crippen LogP contribution in [0.5, 0.6) is 0 Å². The maximum absolute atomic E-state index is 12.9. The van der Waals surface area contributed by atoms with Crippen molar-refractivity contribution in [2.45, 2.75) is 271 Å². The number of rotatable bonds is 54. The number of allylic oxidation sites excluding steroid dienone is 22. The zero-order valence-electron chi connectivity index (χ0n) is 48.5. The van der Waals surface area contributed by atoms with Gasteiger partial charge in [0.2, 0.25) is 0 Å². The summed E-state index contributed by atoms with van der Waals surface area (Å²) < 4.78 is 16.8. The van der Waals surface area contributed by atoms with Gasteiger partial charge in [0.15, 0.2) is 6.10 Å². The molecule has 0 heterocycles. The highest BCUT2D eigenvalue weighted by molar-refractivity contribution is 5.71. The first kappa shape index (κ1) is 70.5. The molecule has 0 N–H and O–H groups in total. The average Bonchev–Trinajstić information content (AvgIpc) is 3.41. The van der Waals surface area contributed by atoms with E-state index in [0.29, 0.717) is 19.3 Å². The van der Waals surface area contributed by atoms with E-state index in [1.165, 1.54) is 116 Å². The van der Waals surface area contributed by atoms with Gasteiger partial charge < -0.3 is 14.2 Å². The highest BCUT2D eigenvalue weighted by Gasteiger charge is 2.19. The van der Waals surface area contributed by atoms with Crippen molar-refractivity contribution < 1.29 is 28.6 Å². The second-order valence-corrected chi connectivity index (χ2v) is 19.9. The van der Waals surface area contributed by atoms with E-state index in [0.717, 1.165) is 96.3 Å². The first-order valence-electron chi connectivity index (χ1n) is 30.7. The van der Waals surface area contributed by atoms with Crippen molar-refractivity contribution >= 4 is 17.9 Å². The zero-order chi connectivity index (χ0) is 54.3. The minimum atomic E-state index is -0.832. The van der Waals surface area contributed by atoms with Gasteiger partial charge in [-0.25, -0.2) is 0 Å². The summed E-state index contributed by atoms with van der Waals surface area (Å²) in [7, 11) is 0. The maximum Gasteiger partial charge on any atom is 0.306 e. The minimum Gasteiger partial charge on any atom is -0.462 e. The first-order chi connectivity index (χ1) is 37.0. The predicted molar refractivity (Wildman–Crippen MR) is 325 cm³/mol. The second-order valence-electron chi connectivity index (χ2n) is 19.9. The summed E-state index contributed by atoms with van der Waals surface area (Å²) in [6.07, 6.45) is 87.4. The van der Waals surface area contributed by atoms with Crippen LogP contribution in [0.3, 0.4) is 0 Å². The molecule has 1 atom stereocenters. The molecule has 0 spiro atoms. The van der Waals surface area contributed by atoms with Gasteiger partial charge in [-0.1, -0.05) is 251 Å². The van der Waals surface area contributed by atoms with Crippen molar-refractivity contribution in [1.82, 2.24) is 0 Å². The lowest BCUT2D eigenvalue weighted by molar-refractivity contribution is -0.166. The van der Waals surface area contributed by atoms with Crippen LogP contribution in [-0.2, 0) is 28.6 Å². The van der Waals surface area contributed by atoms with E-state index in [2.05, 4.69) is 148 Å². The largest absolute Gasteiger partial charge is 0.462 e. The van der Waals surface area contributed by atoms with E-state index in [1.807, 2.05) is 6.08 Å². The Hall–Kier alpha value is -4.45. The van der Waals surface area contributed by atoms with Gasteiger partial charge in [-0.05, 0) is 128 Å². The van der Waals surface area contributed by atoms with Gasteiger partial charge in [-0.15, -0.1) is 0 Å². The maximum atomic E-state index is 12.9. The summed E-state index contributed by atoms with van der Waals surface area (Å²) in [4.78, 5) is 38.2. The molecule has 0 saturated heterocycles. The lowest BCUT2D eigenvalue weighted by Gasteiger charge is -2.18. The molecule has 0 aromatic carbocycles. The molecule has 0 radical (unpaired) electrons. The molecular formula is C69H112O6. The number of hydrogen-bond acceptors (Lipinski definition) is 6. The van der Waals surface area contributed by atoms with Crippen LogP contribution in [0, 0.1) is 0 Å². The standard InChI is InChI=1S/C69H112O6/c1-4-7-10-13-16-19-22-25-28-31-34-37-40-43-46-49-52-55-58-61-67(70)73-64-66(75-69(72)63-60-57-54-51-48-45-42-39-36-33-30-27-24-21-18-15-12-9-6-3)65-74-68(71)62-59-56-53-50-47-44-41-38-35-32-29-26-23-20-17-14-11-8-5-2/h7,10,16,18-19,21,25-30,34,36-37,39,43,45-46,48,52,55,66H,4-6,8-9,11-15,17,20,22-24,31-33,35,38,40-42,44,47,49-51,53-54,56-65H2,1-3H3/b10-7+,19-16+,21-18+,28-25+,29-26+,30-27+,37-34+,39-36+,46-43+,48-45+,55-52+/t66-/m0/s1. The summed E-state index contributed by atoms with van der Waals surface area (Å²) in [5.74, 6) is -1.04. The number of unbranched alkanes of at least 4 members (excludes halogenated alkanes) is 21. The summed E-state index contributed by atoms with van der Waals surface area (Å²) in [5, 5.41) is 0. The molecule has 0 fully saturated rings. The van der Waals surface area contributed by atoms with E-state index in [1.54, 1.807) is 0 Å². The Labute approximate surface area is 462 Å². The van der Waals surface area contributed by atoms with E-state index in [4.69, 9.17) is 14.2 Å². The molecule has 0 aromatic rings. The normalized spacial score (nSPS) is 13.1. The Kier molecular flexibility index (Phi) is 58.4. The molecule has 0 rings (SSSR count). The summed E-state index contributed by atoms with van der Waals surface area (Å²) in [6, 6.07) is 0. The fourth-order valence-electron chi connectivity index (χ4n) is 8.03. The van der Waals surface area contributed by atoms with Crippen LogP contribution in [0.1, 0.15) is 265 Å². The topological polar surface area (TPSA) is 78.9 Å². The average molecular weight is 1040 g/mol. The lowest BCUT2D eigenvalue weighted by Crippen LogP contribution is -2.30. The molecule has 0 saturated carbocycles. The van der Waals surface area contributed by atoms with E-state index < -0.39 is 6.10 Å². The van der Waals surface area contributed by atoms with Crippen molar-refractivity contribution in [3.63, 3.8) is 0 Å². The molecule has 0 unspecified atom stereocenters. The molecule has 0 aromatic heterocycles. The van der Waals surface area contributed by atoms with Gasteiger partial charge in [0.25, 0.3) is 0 Å². The lowest BCUT2D eigenvalue weighted by atomic mass is 10.1. The molecule has 75 heavy (non-hydrogen) atoms. The molecule has 0 aliphatic carbocycles. The minimum absolute atomic E-state index is 0.119. The zero-order valence-corrected chi connectivity index (χ0v) is 48.5. The number of carbonyl (C=O) groups is 3. The number of esters is 3. The van der Waals surface area contributed by atoms with Crippen molar-refractivity contribution in [3.05, 3.63) is 134 Å². The van der Waals surface area contributed by atoms with Crippen molar-refractivity contribution in [3.8, 4) is 0 Å². The van der Waals surface area contributed by atoms with E-state index >= 15 is 0 Å². The Morgan fingerprint density at radius 1 is 0.280 bits per heavy atom. The van der Waals surface area contributed by atoms with Crippen LogP contribution < -0.4 is 0 Å². The van der Waals surface area contributed by atoms with E-state index in [-0.39, 0.29) is 44.0 Å². The highest BCUT2D eigenvalue weighted by Crippen LogP contribution is 2.14. The quantitative estimate of drug-likeness (QED) is 0.0261. The third-order valence-corrected chi connectivity index (χ3v) is 12.6. The molecule has 0 aliphatic rings. The fourth-order valence-corrected chi connectivity index (χ4v) is 8.03. The molecule has 0 aliphatic heterocycles. The Morgan fingerprint density at radius 3 is 0.947 bits per heavy atom. The summed E-state index contributed by atoms with van der Waals surface area (Å²) >= 11 is 0. The van der Waals surface area contributed by atoms with Crippen molar-refractivity contribution in [2.24, 2.45) is 0 Å². The molecular weight excluding hydrogens is 925 g/mol. The van der Waals surface area contributed by atoms with Crippen LogP contribution in [0.25, 0.3) is 0 Å². The Bertz CT molecular complexity index is 1620. The van der Waals surface area contributed by atoms with Crippen LogP contribution in [0.15, 0.2) is 134 Å². The Morgan fingerprint density at radius 2 is 0.547 bits per heavy atom. The predicted octanol–water partition coefficient (Wildman–Crippen LogP) is 21.0. The van der Waals surface area contributed by atoms with Gasteiger partial charge in [0.05, 0.1) is 0 Å². The van der Waals surface area contributed by atoms with Crippen LogP contribution in [0.4, 0.5) is 0 Å². The summed E-state index contributed by atoms with van der Waals surface area (Å²) in [5.41, 5.74) is 0. The second kappa shape index (κ2) is 62.1. The van der Waals surface area contributed by atoms with Crippen molar-refractivity contribution in [2.75, 3.05) is 13.2 Å². The van der Waals surface area contributed by atoms with Gasteiger partial charge in [-0.2, -0.15) is 0 Å². The van der Waals surface area contributed by atoms with Gasteiger partial charge >= 0.3 is 17.9 Å². The third kappa shape index (κ3) is 60.3. The van der Waals surface area contributed by atoms with Crippen LogP contribution in [-0.4, -0.2) is 37.2 Å². The van der Waals surface area contributed by atoms with Crippen molar-refractivity contribution in [1.29, 1.82) is 0 Å². The van der Waals surface area contributed by atoms with Crippen LogP contribution in [0.2, 0.25) is 0 Å². The van der Waals surface area contributed by atoms with Gasteiger partial charge in [0, 0.05) is 19.3 Å². The van der Waals surface area contributed by atoms with E-state index in [9.17, 15) is 14.4 Å². The Balaban J connectivity index is 4.57. The first-order valence-corrected chi connectivity index (χ1v) is 30.7. The smallest absolute Gasteiger partial charge is 0.306 e. The van der Waals surface area contributed by atoms with Crippen LogP contribution >= 0.6 is 0 Å². The SMILES string of the molecule is CC/C=C/C/C=C/C/C=C/C/C=C/C/C=C/C/C=C/CCC(=O)OC[C@@H](COC(=O)CCCCCCCCCCC/C=C/CCCCCCCC)OC(=O)CCCCC/C=C/C/C=C/C/C=C/C/C=C/CCCCC. The molecule has 424 valence electrons. The highest BCUT2D eigenvalue weighted by atomic mass is 16.6. The van der Waals surface area contributed by atoms with Gasteiger partial charge in [0.1, 0.15) is 13.2 Å². The molecule has 0 bridgehead atoms. The third-order valence-electron chi connectivity index (χ3n) is 12.6. The monoisotopic (exact) mass is 1040 g/mol. The molecule has 0 amide bonds. The fraction of sp³-hybridized carbons (Fsp3) is 0.638. The number of ether oxygens (including phenoxy) is 3. The van der Waals surface area contributed by atoms with Gasteiger partial charge in [-0.3, -0.25) is 14.4 Å². The molecule has 6 heteroatoms. The summed E-state index contributed by atoms with van der Waals surface area (Å²) in [6.45, 7) is 6.41. The molecule has 6 nitrogen and oxygen atoms in total.